The summed E-state index contributed by atoms with van der Waals surface area (Å²) < 4.78 is 1.58. The van der Waals surface area contributed by atoms with Crippen LogP contribution in [0, 0.1) is 6.92 Å². The summed E-state index contributed by atoms with van der Waals surface area (Å²) >= 11 is 4.33. The first-order valence-electron chi connectivity index (χ1n) is 6.08. The summed E-state index contributed by atoms with van der Waals surface area (Å²) in [5.41, 5.74) is 8.60. The van der Waals surface area contributed by atoms with Crippen LogP contribution in [0.5, 0.6) is 0 Å². The molecule has 1 aromatic carbocycles. The van der Waals surface area contributed by atoms with Crippen LogP contribution in [0.4, 0.5) is 5.82 Å². The molecular formula is C14H13N5S. The number of nitrogen functional groups attached to an aromatic ring is 1. The molecular weight excluding hydrogens is 270 g/mol. The second-order valence-corrected chi connectivity index (χ2v) is 4.81. The van der Waals surface area contributed by atoms with Crippen molar-refractivity contribution in [2.45, 2.75) is 11.8 Å². The van der Waals surface area contributed by atoms with Crippen LogP contribution in [0.15, 0.2) is 47.6 Å². The third-order valence-electron chi connectivity index (χ3n) is 3.00. The lowest BCUT2D eigenvalue weighted by molar-refractivity contribution is 0.835. The maximum absolute atomic E-state index is 5.99. The lowest BCUT2D eigenvalue weighted by Crippen LogP contribution is -2.05. The summed E-state index contributed by atoms with van der Waals surface area (Å²) in [6, 6.07) is 11.7. The van der Waals surface area contributed by atoms with Crippen molar-refractivity contribution in [3.63, 3.8) is 0 Å². The van der Waals surface area contributed by atoms with Gasteiger partial charge < -0.3 is 5.73 Å². The van der Waals surface area contributed by atoms with E-state index in [1.165, 1.54) is 6.33 Å². The van der Waals surface area contributed by atoms with Gasteiger partial charge in [-0.3, -0.25) is 0 Å². The van der Waals surface area contributed by atoms with E-state index in [4.69, 9.17) is 5.73 Å². The first-order valence-corrected chi connectivity index (χ1v) is 6.53. The fourth-order valence-electron chi connectivity index (χ4n) is 1.94. The van der Waals surface area contributed by atoms with Crippen molar-refractivity contribution in [2.75, 3.05) is 5.73 Å². The molecule has 100 valence electrons. The summed E-state index contributed by atoms with van der Waals surface area (Å²) in [6.07, 6.45) is 1.51. The van der Waals surface area contributed by atoms with Crippen LogP contribution in [0.3, 0.4) is 0 Å². The third kappa shape index (κ3) is 2.14. The van der Waals surface area contributed by atoms with Crippen molar-refractivity contribution in [3.8, 4) is 17.1 Å². The molecule has 5 nitrogen and oxygen atoms in total. The lowest BCUT2D eigenvalue weighted by Gasteiger charge is -2.05. The molecule has 0 bridgehead atoms. The first-order chi connectivity index (χ1) is 9.66. The van der Waals surface area contributed by atoms with Gasteiger partial charge in [-0.15, -0.1) is 12.6 Å². The molecule has 0 atom stereocenters. The summed E-state index contributed by atoms with van der Waals surface area (Å²) in [6.45, 7) is 1.86. The zero-order valence-corrected chi connectivity index (χ0v) is 11.7. The summed E-state index contributed by atoms with van der Waals surface area (Å²) in [7, 11) is 0. The Morgan fingerprint density at radius 2 is 1.90 bits per heavy atom. The van der Waals surface area contributed by atoms with Gasteiger partial charge in [0.15, 0.2) is 5.82 Å². The molecule has 0 aliphatic carbocycles. The van der Waals surface area contributed by atoms with Crippen molar-refractivity contribution in [3.05, 3.63) is 48.4 Å². The molecule has 0 aliphatic rings. The van der Waals surface area contributed by atoms with E-state index in [0.717, 1.165) is 17.0 Å². The predicted molar refractivity (Wildman–Crippen MR) is 81.0 cm³/mol. The van der Waals surface area contributed by atoms with Gasteiger partial charge in [0.2, 0.25) is 0 Å². The summed E-state index contributed by atoms with van der Waals surface area (Å²) in [5, 5.41) is 4.34. The molecule has 6 heteroatoms. The minimum Gasteiger partial charge on any atom is -0.383 e. The van der Waals surface area contributed by atoms with E-state index in [2.05, 4.69) is 27.7 Å². The average molecular weight is 283 g/mol. The Bertz CT molecular complexity index is 752. The molecule has 20 heavy (non-hydrogen) atoms. The number of aromatic nitrogens is 4. The highest BCUT2D eigenvalue weighted by Gasteiger charge is 2.12. The van der Waals surface area contributed by atoms with E-state index < -0.39 is 0 Å². The molecule has 3 aromatic rings. The van der Waals surface area contributed by atoms with Crippen LogP contribution < -0.4 is 5.73 Å². The van der Waals surface area contributed by atoms with Gasteiger partial charge in [-0.2, -0.15) is 9.78 Å². The third-order valence-corrected chi connectivity index (χ3v) is 3.56. The molecule has 0 saturated heterocycles. The van der Waals surface area contributed by atoms with Gasteiger partial charge in [0.1, 0.15) is 12.1 Å². The van der Waals surface area contributed by atoms with E-state index in [1.807, 2.05) is 43.3 Å². The predicted octanol–water partition coefficient (Wildman–Crippen LogP) is 2.51. The summed E-state index contributed by atoms with van der Waals surface area (Å²) in [4.78, 5) is 9.18. The van der Waals surface area contributed by atoms with Crippen LogP contribution >= 0.6 is 12.6 Å². The van der Waals surface area contributed by atoms with Gasteiger partial charge in [0, 0.05) is 11.6 Å². The highest BCUT2D eigenvalue weighted by atomic mass is 32.1. The van der Waals surface area contributed by atoms with Crippen LogP contribution in [-0.4, -0.2) is 19.7 Å². The van der Waals surface area contributed by atoms with E-state index in [1.54, 1.807) is 4.68 Å². The van der Waals surface area contributed by atoms with Crippen molar-refractivity contribution in [1.82, 2.24) is 19.7 Å². The largest absolute Gasteiger partial charge is 0.383 e. The number of anilines is 1. The lowest BCUT2D eigenvalue weighted by atomic mass is 10.1. The van der Waals surface area contributed by atoms with Gasteiger partial charge in [0.05, 0.1) is 16.3 Å². The Morgan fingerprint density at radius 1 is 1.15 bits per heavy atom. The minimum absolute atomic E-state index is 0.476. The number of hydrogen-bond donors (Lipinski definition) is 2. The molecule has 0 radical (unpaired) electrons. The van der Waals surface area contributed by atoms with Gasteiger partial charge in [0.25, 0.3) is 0 Å². The molecule has 0 aliphatic heterocycles. The van der Waals surface area contributed by atoms with E-state index in [0.29, 0.717) is 16.5 Å². The number of nitrogens with two attached hydrogens (primary N) is 1. The normalized spacial score (nSPS) is 10.7. The maximum Gasteiger partial charge on any atom is 0.159 e. The molecule has 0 amide bonds. The molecule has 0 saturated carbocycles. The van der Waals surface area contributed by atoms with Gasteiger partial charge in [-0.05, 0) is 6.92 Å². The molecule has 2 aromatic heterocycles. The number of nitrogens with zero attached hydrogens (tertiary/aromatic N) is 4. The smallest absolute Gasteiger partial charge is 0.159 e. The van der Waals surface area contributed by atoms with E-state index in [9.17, 15) is 0 Å². The Balaban J connectivity index is 2.10. The zero-order valence-electron chi connectivity index (χ0n) is 10.9. The van der Waals surface area contributed by atoms with E-state index >= 15 is 0 Å². The highest BCUT2D eigenvalue weighted by molar-refractivity contribution is 7.80. The Kier molecular flexibility index (Phi) is 3.15. The Morgan fingerprint density at radius 3 is 2.55 bits per heavy atom. The fourth-order valence-corrected chi connectivity index (χ4v) is 2.08. The number of aryl methyl sites for hydroxylation is 1. The van der Waals surface area contributed by atoms with Crippen molar-refractivity contribution in [2.24, 2.45) is 0 Å². The number of rotatable bonds is 2. The summed E-state index contributed by atoms with van der Waals surface area (Å²) in [5.74, 6) is 1.10. The van der Waals surface area contributed by atoms with Gasteiger partial charge >= 0.3 is 0 Å². The number of benzene rings is 1. The Labute approximate surface area is 121 Å². The van der Waals surface area contributed by atoms with Crippen LogP contribution in [-0.2, 0) is 0 Å². The molecule has 3 rings (SSSR count). The van der Waals surface area contributed by atoms with Crippen LogP contribution in [0.25, 0.3) is 17.1 Å². The molecule has 0 spiro atoms. The van der Waals surface area contributed by atoms with Crippen molar-refractivity contribution < 1.29 is 0 Å². The van der Waals surface area contributed by atoms with Crippen LogP contribution in [0.2, 0.25) is 0 Å². The Hall–Kier alpha value is -2.34. The number of thiol groups is 1. The molecule has 0 fully saturated rings. The van der Waals surface area contributed by atoms with Gasteiger partial charge in [-0.25, -0.2) is 9.97 Å². The monoisotopic (exact) mass is 283 g/mol. The quantitative estimate of drug-likeness (QED) is 0.709. The zero-order chi connectivity index (χ0) is 14.1. The topological polar surface area (TPSA) is 69.6 Å². The first kappa shape index (κ1) is 12.7. The highest BCUT2D eigenvalue weighted by Crippen LogP contribution is 2.24. The van der Waals surface area contributed by atoms with Crippen LogP contribution in [0.1, 0.15) is 5.69 Å². The number of hydrogen-bond acceptors (Lipinski definition) is 5. The van der Waals surface area contributed by atoms with Crippen molar-refractivity contribution in [1.29, 1.82) is 0 Å². The van der Waals surface area contributed by atoms with Crippen molar-refractivity contribution >= 4 is 18.4 Å². The molecule has 2 heterocycles. The minimum atomic E-state index is 0.476. The second-order valence-electron chi connectivity index (χ2n) is 4.36. The second kappa shape index (κ2) is 4.97. The SMILES string of the molecule is Cc1nn(-c2cc(-c3ccccc3)ncn2)c(N)c1S. The van der Waals surface area contributed by atoms with E-state index in [-0.39, 0.29) is 0 Å². The molecule has 0 unspecified atom stereocenters. The van der Waals surface area contributed by atoms with Gasteiger partial charge in [-0.1, -0.05) is 30.3 Å². The average Bonchev–Trinajstić information content (AvgIpc) is 2.76. The maximum atomic E-state index is 5.99. The standard InChI is InChI=1S/C14H13N5S/c1-9-13(20)14(15)19(18-9)12-7-11(16-8-17-12)10-5-3-2-4-6-10/h2-8,20H,15H2,1H3. The fraction of sp³-hybridized carbons (Fsp3) is 0.0714. The molecule has 2 N–H and O–H groups in total.